The Labute approximate surface area is 411 Å². The SMILES string of the molecule is Cc1ccc2c(c1)C(c1ccccc1)(c1ccc(N(c3cccc(C4(c5cccc(-c6ccccc6)c5)c5ccccc5-c5ccccc54)c3)c3ccccc3-c3ccccc3)cc1)c1ccccc1-2. The van der Waals surface area contributed by atoms with E-state index in [1.54, 1.807) is 0 Å². The Morgan fingerprint density at radius 1 is 0.257 bits per heavy atom. The molecule has 13 rings (SSSR count). The van der Waals surface area contributed by atoms with Gasteiger partial charge in [-0.25, -0.2) is 0 Å². The molecule has 2 aliphatic rings. The molecule has 330 valence electrons. The summed E-state index contributed by atoms with van der Waals surface area (Å²) in [6.07, 6.45) is 0. The van der Waals surface area contributed by atoms with Crippen molar-refractivity contribution in [3.63, 3.8) is 0 Å². The molecule has 0 fully saturated rings. The van der Waals surface area contributed by atoms with E-state index in [-0.39, 0.29) is 0 Å². The summed E-state index contributed by atoms with van der Waals surface area (Å²) in [6, 6.07) is 104. The lowest BCUT2D eigenvalue weighted by molar-refractivity contribution is 0.767. The molecule has 11 aromatic carbocycles. The monoisotopic (exact) mass is 891 g/mol. The Hall–Kier alpha value is -8.78. The number of para-hydroxylation sites is 1. The smallest absolute Gasteiger partial charge is 0.0714 e. The van der Waals surface area contributed by atoms with Gasteiger partial charge in [0.15, 0.2) is 0 Å². The molecule has 1 unspecified atom stereocenters. The maximum absolute atomic E-state index is 2.48. The van der Waals surface area contributed by atoms with Crippen LogP contribution in [0.25, 0.3) is 44.5 Å². The highest BCUT2D eigenvalue weighted by Crippen LogP contribution is 2.59. The van der Waals surface area contributed by atoms with Gasteiger partial charge < -0.3 is 4.90 Å². The highest BCUT2D eigenvalue weighted by molar-refractivity contribution is 5.92. The lowest BCUT2D eigenvalue weighted by Crippen LogP contribution is -2.29. The molecule has 0 N–H and O–H groups in total. The van der Waals surface area contributed by atoms with Crippen molar-refractivity contribution >= 4 is 17.1 Å². The summed E-state index contributed by atoms with van der Waals surface area (Å²) in [5.74, 6) is 0. The van der Waals surface area contributed by atoms with Crippen molar-refractivity contribution in [2.45, 2.75) is 17.8 Å². The number of fused-ring (bicyclic) bond motifs is 6. The lowest BCUT2D eigenvalue weighted by Gasteiger charge is -2.36. The fourth-order valence-electron chi connectivity index (χ4n) is 12.2. The summed E-state index contributed by atoms with van der Waals surface area (Å²) in [5.41, 5.74) is 23.4. The van der Waals surface area contributed by atoms with Crippen LogP contribution in [-0.4, -0.2) is 0 Å². The molecule has 0 bridgehead atoms. The molecule has 0 aromatic heterocycles. The molecule has 70 heavy (non-hydrogen) atoms. The van der Waals surface area contributed by atoms with Crippen molar-refractivity contribution in [1.29, 1.82) is 0 Å². The van der Waals surface area contributed by atoms with Gasteiger partial charge in [-0.2, -0.15) is 0 Å². The molecule has 0 radical (unpaired) electrons. The third kappa shape index (κ3) is 6.32. The average Bonchev–Trinajstić information content (AvgIpc) is 3.90. The maximum atomic E-state index is 2.48. The van der Waals surface area contributed by atoms with E-state index in [1.165, 1.54) is 89.0 Å². The maximum Gasteiger partial charge on any atom is 0.0714 e. The first kappa shape index (κ1) is 41.4. The molecule has 1 atom stereocenters. The first-order chi connectivity index (χ1) is 34.6. The van der Waals surface area contributed by atoms with Gasteiger partial charge in [-0.15, -0.1) is 0 Å². The normalized spacial score (nSPS) is 14.8. The molecule has 1 nitrogen and oxygen atoms in total. The Kier molecular flexibility index (Phi) is 9.92. The van der Waals surface area contributed by atoms with E-state index in [2.05, 4.69) is 291 Å². The summed E-state index contributed by atoms with van der Waals surface area (Å²) in [4.78, 5) is 2.48. The highest BCUT2D eigenvalue weighted by Gasteiger charge is 2.48. The number of benzene rings is 11. The largest absolute Gasteiger partial charge is 0.310 e. The summed E-state index contributed by atoms with van der Waals surface area (Å²) < 4.78 is 0. The van der Waals surface area contributed by atoms with Crippen LogP contribution in [0.1, 0.15) is 50.1 Å². The van der Waals surface area contributed by atoms with Gasteiger partial charge in [0.2, 0.25) is 0 Å². The predicted octanol–water partition coefficient (Wildman–Crippen LogP) is 17.5. The minimum absolute atomic E-state index is 0.506. The van der Waals surface area contributed by atoms with Gasteiger partial charge in [0.05, 0.1) is 16.5 Å². The molecule has 1 heteroatoms. The fraction of sp³-hybridized carbons (Fsp3) is 0.0435. The van der Waals surface area contributed by atoms with E-state index in [0.717, 1.165) is 22.6 Å². The third-order valence-corrected chi connectivity index (χ3v) is 15.1. The van der Waals surface area contributed by atoms with E-state index in [1.807, 2.05) is 0 Å². The molecule has 2 aliphatic carbocycles. The Morgan fingerprint density at radius 2 is 0.700 bits per heavy atom. The van der Waals surface area contributed by atoms with Crippen molar-refractivity contribution in [3.05, 3.63) is 329 Å². The number of rotatable bonds is 9. The molecule has 0 amide bonds. The van der Waals surface area contributed by atoms with Crippen LogP contribution in [0.2, 0.25) is 0 Å². The predicted molar refractivity (Wildman–Crippen MR) is 291 cm³/mol. The van der Waals surface area contributed by atoms with Crippen LogP contribution in [0.4, 0.5) is 17.1 Å². The van der Waals surface area contributed by atoms with Gasteiger partial charge in [-0.1, -0.05) is 248 Å². The van der Waals surface area contributed by atoms with Gasteiger partial charge >= 0.3 is 0 Å². The molecule has 0 saturated carbocycles. The van der Waals surface area contributed by atoms with Crippen LogP contribution in [-0.2, 0) is 10.8 Å². The molecule has 0 spiro atoms. The average molecular weight is 892 g/mol. The van der Waals surface area contributed by atoms with Gasteiger partial charge in [-0.05, 0) is 127 Å². The number of hydrogen-bond acceptors (Lipinski definition) is 1. The Morgan fingerprint density at radius 3 is 1.33 bits per heavy atom. The van der Waals surface area contributed by atoms with Crippen LogP contribution in [0, 0.1) is 6.92 Å². The summed E-state index contributed by atoms with van der Waals surface area (Å²) in [7, 11) is 0. The standard InChI is InChI=1S/C69H49N/c1-48-39-44-62-61-34-13-15-35-63(61)68(66(62)45-48,52-26-9-4-10-27-52)53-40-42-56(43-41-53)70(67-38-18-14-31-58(67)50-23-7-3-8-24-50)57-30-20-29-55(47-57)69(54-28-19-25-51(46-54)49-21-5-2-6-22-49)64-36-16-11-32-59(64)60-33-12-17-37-65(60)69/h2-47H,1H3. The van der Waals surface area contributed by atoms with E-state index in [9.17, 15) is 0 Å². The first-order valence-electron chi connectivity index (χ1n) is 24.4. The minimum Gasteiger partial charge on any atom is -0.310 e. The summed E-state index contributed by atoms with van der Waals surface area (Å²) >= 11 is 0. The van der Waals surface area contributed by atoms with Crippen molar-refractivity contribution in [2.24, 2.45) is 0 Å². The van der Waals surface area contributed by atoms with E-state index in [4.69, 9.17) is 0 Å². The molecular weight excluding hydrogens is 843 g/mol. The zero-order valence-corrected chi connectivity index (χ0v) is 39.0. The van der Waals surface area contributed by atoms with Crippen LogP contribution in [0.5, 0.6) is 0 Å². The van der Waals surface area contributed by atoms with Crippen molar-refractivity contribution in [2.75, 3.05) is 4.90 Å². The molecule has 0 saturated heterocycles. The number of nitrogens with zero attached hydrogens (tertiary/aromatic N) is 1. The van der Waals surface area contributed by atoms with E-state index in [0.29, 0.717) is 0 Å². The van der Waals surface area contributed by atoms with Gasteiger partial charge in [-0.3, -0.25) is 0 Å². The second kappa shape index (κ2) is 16.8. The number of anilines is 3. The van der Waals surface area contributed by atoms with Crippen molar-refractivity contribution < 1.29 is 0 Å². The molecule has 0 heterocycles. The summed E-state index contributed by atoms with van der Waals surface area (Å²) in [5, 5.41) is 0. The molecule has 11 aromatic rings. The van der Waals surface area contributed by atoms with Gasteiger partial charge in [0.25, 0.3) is 0 Å². The fourth-order valence-corrected chi connectivity index (χ4v) is 12.2. The topological polar surface area (TPSA) is 3.24 Å². The van der Waals surface area contributed by atoms with Gasteiger partial charge in [0, 0.05) is 16.9 Å². The minimum atomic E-state index is -0.605. The second-order valence-corrected chi connectivity index (χ2v) is 18.8. The van der Waals surface area contributed by atoms with Crippen LogP contribution in [0.3, 0.4) is 0 Å². The first-order valence-corrected chi connectivity index (χ1v) is 24.4. The third-order valence-electron chi connectivity index (χ3n) is 15.1. The zero-order chi connectivity index (χ0) is 46.7. The van der Waals surface area contributed by atoms with Crippen LogP contribution in [0.15, 0.2) is 279 Å². The lowest BCUT2D eigenvalue weighted by atomic mass is 9.67. The molecule has 0 aliphatic heterocycles. The second-order valence-electron chi connectivity index (χ2n) is 18.8. The van der Waals surface area contributed by atoms with Crippen LogP contribution >= 0.6 is 0 Å². The summed E-state index contributed by atoms with van der Waals surface area (Å²) in [6.45, 7) is 2.21. The van der Waals surface area contributed by atoms with Crippen molar-refractivity contribution in [1.82, 2.24) is 0 Å². The van der Waals surface area contributed by atoms with E-state index >= 15 is 0 Å². The quantitative estimate of drug-likeness (QED) is 0.140. The molecular formula is C69H49N. The van der Waals surface area contributed by atoms with Crippen LogP contribution < -0.4 is 4.90 Å². The van der Waals surface area contributed by atoms with Crippen molar-refractivity contribution in [3.8, 4) is 44.5 Å². The van der Waals surface area contributed by atoms with E-state index < -0.39 is 10.8 Å². The number of aryl methyl sites for hydroxylation is 1. The zero-order valence-electron chi connectivity index (χ0n) is 39.0. The highest BCUT2D eigenvalue weighted by atomic mass is 15.1. The van der Waals surface area contributed by atoms with Gasteiger partial charge in [0.1, 0.15) is 0 Å². The Bertz CT molecular complexity index is 3680. The number of hydrogen-bond donors (Lipinski definition) is 0. The Balaban J connectivity index is 1.05.